The van der Waals surface area contributed by atoms with Gasteiger partial charge in [0.05, 0.1) is 26.2 Å². The number of benzene rings is 6. The predicted octanol–water partition coefficient (Wildman–Crippen LogP) is 9.72. The van der Waals surface area contributed by atoms with Crippen LogP contribution in [-0.4, -0.2) is 13.0 Å². The number of aromatic nitrogens is 1. The van der Waals surface area contributed by atoms with E-state index in [4.69, 9.17) is 4.74 Å². The second-order valence-electron chi connectivity index (χ2n) is 13.3. The Balaban J connectivity index is 1.51. The fourth-order valence-corrected chi connectivity index (χ4v) is 9.62. The van der Waals surface area contributed by atoms with Gasteiger partial charge in [-0.1, -0.05) is 106 Å². The number of fused-ring (bicyclic) bond motifs is 12. The lowest BCUT2D eigenvalue weighted by atomic mass is 9.62. The molecule has 0 atom stereocenters. The van der Waals surface area contributed by atoms with E-state index in [1.807, 2.05) is 72.8 Å². The molecule has 224 valence electrons. The first-order valence-corrected chi connectivity index (χ1v) is 17.1. The van der Waals surface area contributed by atoms with Gasteiger partial charge in [0.25, 0.3) is 0 Å². The lowest BCUT2D eigenvalue weighted by molar-refractivity contribution is 0.430. The first kappa shape index (κ1) is 27.2. The van der Waals surface area contributed by atoms with Crippen molar-refractivity contribution in [1.29, 1.82) is 0 Å². The Labute approximate surface area is 268 Å². The third-order valence-electron chi connectivity index (χ3n) is 9.84. The molecule has 3 heterocycles. The molecule has 0 unspecified atom stereocenters. The van der Waals surface area contributed by atoms with Crippen LogP contribution in [0.3, 0.4) is 0 Å². The largest absolute Gasteiger partial charge is 0.457 e. The van der Waals surface area contributed by atoms with E-state index in [1.165, 1.54) is 5.56 Å². The van der Waals surface area contributed by atoms with Gasteiger partial charge in [0.15, 0.2) is 0 Å². The average molecular weight is 618 g/mol. The van der Waals surface area contributed by atoms with Gasteiger partial charge in [-0.05, 0) is 65.1 Å². The van der Waals surface area contributed by atoms with Crippen LogP contribution in [0.25, 0.3) is 27.5 Å². The van der Waals surface area contributed by atoms with Crippen molar-refractivity contribution in [1.82, 2.24) is 4.57 Å². The molecule has 1 aromatic heterocycles. The van der Waals surface area contributed by atoms with Crippen molar-refractivity contribution in [2.24, 2.45) is 0 Å². The van der Waals surface area contributed by atoms with Crippen LogP contribution >= 0.6 is 0 Å². The third kappa shape index (κ3) is 3.41. The molecule has 0 N–H and O–H groups in total. The van der Waals surface area contributed by atoms with Crippen LogP contribution in [0, 0.1) is 0 Å². The molecule has 2 aliphatic rings. The molecule has 7 aromatic rings. The zero-order valence-electron chi connectivity index (χ0n) is 25.8. The highest BCUT2D eigenvalue weighted by Gasteiger charge is 2.54. The van der Waals surface area contributed by atoms with Crippen molar-refractivity contribution in [3.05, 3.63) is 161 Å². The van der Waals surface area contributed by atoms with E-state index in [0.717, 1.165) is 61.2 Å². The van der Waals surface area contributed by atoms with Crippen molar-refractivity contribution in [3.63, 3.8) is 0 Å². The number of sulfone groups is 1. The summed E-state index contributed by atoms with van der Waals surface area (Å²) in [6.07, 6.45) is 0. The fraction of sp³-hybridized carbons (Fsp3) is 0.122. The third-order valence-corrected chi connectivity index (χ3v) is 11.7. The minimum absolute atomic E-state index is 0.0242. The van der Waals surface area contributed by atoms with Crippen LogP contribution in [0.2, 0.25) is 0 Å². The minimum atomic E-state index is -3.87. The molecule has 0 bridgehead atoms. The number of hydrogen-bond donors (Lipinski definition) is 0. The van der Waals surface area contributed by atoms with Gasteiger partial charge >= 0.3 is 0 Å². The van der Waals surface area contributed by atoms with E-state index in [9.17, 15) is 8.42 Å². The normalized spacial score (nSPS) is 15.5. The van der Waals surface area contributed by atoms with E-state index in [2.05, 4.69) is 79.9 Å². The van der Waals surface area contributed by atoms with Gasteiger partial charge in [-0.15, -0.1) is 0 Å². The molecule has 0 radical (unpaired) electrons. The number of hydrogen-bond acceptors (Lipinski definition) is 3. The highest BCUT2D eigenvalue weighted by atomic mass is 32.2. The first-order valence-electron chi connectivity index (χ1n) is 15.6. The standard InChI is InChI=1S/C41H31NO3S/c1-40(2,3)26-20-22-27(23-21-26)42-32-16-8-4-12-28(32)38-33(42)24-25-37-39(38)41(31-15-7-11-19-36(31)46(37,43)44)29-13-5-9-17-34(29)45-35-18-10-6-14-30(35)41/h4-25H,1-3H3. The van der Waals surface area contributed by atoms with Crippen LogP contribution in [0.15, 0.2) is 143 Å². The quantitative estimate of drug-likeness (QED) is 0.184. The van der Waals surface area contributed by atoms with Crippen molar-refractivity contribution in [2.45, 2.75) is 41.4 Å². The SMILES string of the molecule is CC(C)(C)c1ccc(-n2c3ccccc3c3c4c(ccc32)S(=O)(=O)c2ccccc2C42c3ccccc3Oc3ccccc32)cc1. The summed E-state index contributed by atoms with van der Waals surface area (Å²) in [5, 5.41) is 1.93. The van der Waals surface area contributed by atoms with Crippen LogP contribution in [0.1, 0.15) is 48.6 Å². The summed E-state index contributed by atoms with van der Waals surface area (Å²) >= 11 is 0. The number of para-hydroxylation sites is 3. The molecule has 6 aromatic carbocycles. The summed E-state index contributed by atoms with van der Waals surface area (Å²) in [7, 11) is -3.87. The maximum Gasteiger partial charge on any atom is 0.207 e. The molecule has 4 nitrogen and oxygen atoms in total. The summed E-state index contributed by atoms with van der Waals surface area (Å²) < 4.78 is 38.2. The Kier molecular flexibility index (Phi) is 5.45. The van der Waals surface area contributed by atoms with Gasteiger partial charge in [0.1, 0.15) is 11.5 Å². The highest BCUT2D eigenvalue weighted by Crippen LogP contribution is 2.62. The van der Waals surface area contributed by atoms with Crippen LogP contribution in [0.5, 0.6) is 11.5 Å². The average Bonchev–Trinajstić information content (AvgIpc) is 3.41. The van der Waals surface area contributed by atoms with E-state index < -0.39 is 15.3 Å². The van der Waals surface area contributed by atoms with Crippen LogP contribution in [0.4, 0.5) is 0 Å². The lowest BCUT2D eigenvalue weighted by Gasteiger charge is -2.45. The van der Waals surface area contributed by atoms with Crippen LogP contribution < -0.4 is 4.74 Å². The van der Waals surface area contributed by atoms with Gasteiger partial charge in [0.2, 0.25) is 9.84 Å². The maximum atomic E-state index is 14.7. The van der Waals surface area contributed by atoms with Crippen molar-refractivity contribution >= 4 is 31.6 Å². The second kappa shape index (κ2) is 9.21. The molecule has 0 fully saturated rings. The smallest absolute Gasteiger partial charge is 0.207 e. The van der Waals surface area contributed by atoms with Crippen LogP contribution in [-0.2, 0) is 20.7 Å². The topological polar surface area (TPSA) is 48.3 Å². The monoisotopic (exact) mass is 617 g/mol. The summed E-state index contributed by atoms with van der Waals surface area (Å²) in [5.41, 5.74) is 6.70. The molecule has 46 heavy (non-hydrogen) atoms. The summed E-state index contributed by atoms with van der Waals surface area (Å²) in [5.74, 6) is 1.44. The van der Waals surface area contributed by atoms with Crippen molar-refractivity contribution in [2.75, 3.05) is 0 Å². The molecule has 0 aliphatic carbocycles. The predicted molar refractivity (Wildman–Crippen MR) is 183 cm³/mol. The Morgan fingerprint density at radius 1 is 0.587 bits per heavy atom. The lowest BCUT2D eigenvalue weighted by Crippen LogP contribution is -2.39. The summed E-state index contributed by atoms with van der Waals surface area (Å²) in [6, 6.07) is 44.5. The Morgan fingerprint density at radius 3 is 1.85 bits per heavy atom. The van der Waals surface area contributed by atoms with E-state index in [1.54, 1.807) is 6.07 Å². The van der Waals surface area contributed by atoms with E-state index >= 15 is 0 Å². The number of rotatable bonds is 1. The number of ether oxygens (including phenoxy) is 1. The Hall–Kier alpha value is -5.13. The molecular formula is C41H31NO3S. The van der Waals surface area contributed by atoms with E-state index in [-0.39, 0.29) is 5.41 Å². The number of nitrogens with zero attached hydrogens (tertiary/aromatic N) is 1. The minimum Gasteiger partial charge on any atom is -0.457 e. The molecule has 2 aliphatic heterocycles. The van der Waals surface area contributed by atoms with Gasteiger partial charge in [-0.3, -0.25) is 0 Å². The maximum absolute atomic E-state index is 14.7. The molecular weight excluding hydrogens is 587 g/mol. The van der Waals surface area contributed by atoms with Gasteiger partial charge < -0.3 is 9.30 Å². The molecule has 0 amide bonds. The zero-order chi connectivity index (χ0) is 31.4. The molecule has 1 spiro atoms. The fourth-order valence-electron chi connectivity index (χ4n) is 7.84. The molecule has 0 saturated carbocycles. The molecule has 5 heteroatoms. The summed E-state index contributed by atoms with van der Waals surface area (Å²) in [4.78, 5) is 0.658. The highest BCUT2D eigenvalue weighted by molar-refractivity contribution is 7.91. The molecule has 9 rings (SSSR count). The second-order valence-corrected chi connectivity index (χ2v) is 15.2. The van der Waals surface area contributed by atoms with Gasteiger partial charge in [0, 0.05) is 33.2 Å². The Morgan fingerprint density at radius 2 is 1.17 bits per heavy atom. The van der Waals surface area contributed by atoms with E-state index in [0.29, 0.717) is 9.79 Å². The van der Waals surface area contributed by atoms with Gasteiger partial charge in [-0.2, -0.15) is 0 Å². The zero-order valence-corrected chi connectivity index (χ0v) is 26.6. The van der Waals surface area contributed by atoms with Gasteiger partial charge in [-0.25, -0.2) is 8.42 Å². The Bertz CT molecular complexity index is 2450. The van der Waals surface area contributed by atoms with Crippen molar-refractivity contribution < 1.29 is 13.2 Å². The summed E-state index contributed by atoms with van der Waals surface area (Å²) in [6.45, 7) is 6.65. The molecule has 0 saturated heterocycles. The first-order chi connectivity index (χ1) is 22.2. The van der Waals surface area contributed by atoms with Crippen molar-refractivity contribution in [3.8, 4) is 17.2 Å².